The van der Waals surface area contributed by atoms with Crippen LogP contribution in [0.25, 0.3) is 0 Å². The van der Waals surface area contributed by atoms with Crippen LogP contribution in [0.4, 0.5) is 0 Å². The first kappa shape index (κ1) is 18.9. The fourth-order valence-corrected chi connectivity index (χ4v) is 2.36. The van der Waals surface area contributed by atoms with Gasteiger partial charge in [0.25, 0.3) is 0 Å². The van der Waals surface area contributed by atoms with Crippen LogP contribution in [0.3, 0.4) is 0 Å². The first-order chi connectivity index (χ1) is 10.5. The van der Waals surface area contributed by atoms with Crippen molar-refractivity contribution in [3.63, 3.8) is 0 Å². The summed E-state index contributed by atoms with van der Waals surface area (Å²) in [6, 6.07) is 0. The standard InChI is InChI=1S/C16H31N3O3/c1-4-15(20)17-7-5-6-8-18-9-11-19(12-10-18)16(21)13-22-14(2)3/h14H,4-13H2,1-3H3,(H,17,20). The van der Waals surface area contributed by atoms with Crippen molar-refractivity contribution in [2.75, 3.05) is 45.9 Å². The number of carbonyl (C=O) groups excluding carboxylic acids is 2. The molecular formula is C16H31N3O3. The third-order valence-corrected chi connectivity index (χ3v) is 3.81. The molecule has 6 heteroatoms. The second-order valence-corrected chi connectivity index (χ2v) is 5.99. The van der Waals surface area contributed by atoms with E-state index in [-0.39, 0.29) is 24.5 Å². The van der Waals surface area contributed by atoms with Crippen LogP contribution in [0, 0.1) is 0 Å². The molecule has 0 aliphatic carbocycles. The van der Waals surface area contributed by atoms with Gasteiger partial charge in [-0.05, 0) is 33.2 Å². The summed E-state index contributed by atoms with van der Waals surface area (Å²) in [4.78, 5) is 27.3. The molecule has 1 rings (SSSR count). The van der Waals surface area contributed by atoms with Crippen molar-refractivity contribution in [1.29, 1.82) is 0 Å². The molecule has 2 amide bonds. The van der Waals surface area contributed by atoms with Crippen LogP contribution < -0.4 is 5.32 Å². The quantitative estimate of drug-likeness (QED) is 0.642. The van der Waals surface area contributed by atoms with E-state index in [0.717, 1.165) is 52.1 Å². The molecule has 0 aromatic heterocycles. The molecule has 0 spiro atoms. The number of rotatable bonds is 9. The van der Waals surface area contributed by atoms with E-state index >= 15 is 0 Å². The second-order valence-electron chi connectivity index (χ2n) is 5.99. The Morgan fingerprint density at radius 1 is 1.14 bits per heavy atom. The van der Waals surface area contributed by atoms with Crippen molar-refractivity contribution in [1.82, 2.24) is 15.1 Å². The SMILES string of the molecule is CCC(=O)NCCCCN1CCN(C(=O)COC(C)C)CC1. The van der Waals surface area contributed by atoms with E-state index in [1.807, 2.05) is 25.7 Å². The summed E-state index contributed by atoms with van der Waals surface area (Å²) in [6.45, 7) is 11.1. The molecule has 22 heavy (non-hydrogen) atoms. The zero-order valence-corrected chi connectivity index (χ0v) is 14.3. The Morgan fingerprint density at radius 2 is 1.82 bits per heavy atom. The molecule has 1 N–H and O–H groups in total. The van der Waals surface area contributed by atoms with Gasteiger partial charge in [-0.15, -0.1) is 0 Å². The molecule has 1 heterocycles. The van der Waals surface area contributed by atoms with Gasteiger partial charge < -0.3 is 15.0 Å². The van der Waals surface area contributed by atoms with Crippen molar-refractivity contribution < 1.29 is 14.3 Å². The number of nitrogens with one attached hydrogen (secondary N) is 1. The van der Waals surface area contributed by atoms with Crippen molar-refractivity contribution in [3.8, 4) is 0 Å². The van der Waals surface area contributed by atoms with E-state index in [2.05, 4.69) is 10.2 Å². The molecule has 128 valence electrons. The third kappa shape index (κ3) is 7.75. The van der Waals surface area contributed by atoms with Gasteiger partial charge in [0, 0.05) is 39.1 Å². The Morgan fingerprint density at radius 3 is 2.41 bits per heavy atom. The van der Waals surface area contributed by atoms with E-state index in [1.54, 1.807) is 0 Å². The number of ether oxygens (including phenoxy) is 1. The lowest BCUT2D eigenvalue weighted by Crippen LogP contribution is -2.50. The highest BCUT2D eigenvalue weighted by Crippen LogP contribution is 2.04. The molecular weight excluding hydrogens is 282 g/mol. The third-order valence-electron chi connectivity index (χ3n) is 3.81. The van der Waals surface area contributed by atoms with Crippen LogP contribution in [0.1, 0.15) is 40.0 Å². The summed E-state index contributed by atoms with van der Waals surface area (Å²) < 4.78 is 5.36. The molecule has 0 saturated carbocycles. The Kier molecular flexibility index (Phi) is 9.08. The fourth-order valence-electron chi connectivity index (χ4n) is 2.36. The van der Waals surface area contributed by atoms with Gasteiger partial charge >= 0.3 is 0 Å². The predicted octanol–water partition coefficient (Wildman–Crippen LogP) is 0.862. The lowest BCUT2D eigenvalue weighted by atomic mass is 10.2. The molecule has 0 unspecified atom stereocenters. The van der Waals surface area contributed by atoms with Gasteiger partial charge in [-0.25, -0.2) is 0 Å². The zero-order valence-electron chi connectivity index (χ0n) is 14.3. The van der Waals surface area contributed by atoms with Gasteiger partial charge in [0.15, 0.2) is 0 Å². The van der Waals surface area contributed by atoms with E-state index in [4.69, 9.17) is 4.74 Å². The molecule has 0 aromatic rings. The van der Waals surface area contributed by atoms with Crippen molar-refractivity contribution >= 4 is 11.8 Å². The molecule has 0 atom stereocenters. The number of nitrogens with zero attached hydrogens (tertiary/aromatic N) is 2. The van der Waals surface area contributed by atoms with E-state index in [1.165, 1.54) is 0 Å². The molecule has 1 aliphatic heterocycles. The van der Waals surface area contributed by atoms with E-state index < -0.39 is 0 Å². The highest BCUT2D eigenvalue weighted by Gasteiger charge is 2.20. The van der Waals surface area contributed by atoms with E-state index in [9.17, 15) is 9.59 Å². The Labute approximate surface area is 134 Å². The molecule has 6 nitrogen and oxygen atoms in total. The number of amides is 2. The zero-order chi connectivity index (χ0) is 16.4. The smallest absolute Gasteiger partial charge is 0.248 e. The monoisotopic (exact) mass is 313 g/mol. The topological polar surface area (TPSA) is 61.9 Å². The van der Waals surface area contributed by atoms with Crippen LogP contribution in [0.15, 0.2) is 0 Å². The highest BCUT2D eigenvalue weighted by molar-refractivity contribution is 5.77. The van der Waals surface area contributed by atoms with Crippen molar-refractivity contribution in [2.45, 2.75) is 46.1 Å². The Balaban J connectivity index is 2.07. The highest BCUT2D eigenvalue weighted by atomic mass is 16.5. The predicted molar refractivity (Wildman–Crippen MR) is 86.6 cm³/mol. The maximum absolute atomic E-state index is 11.9. The summed E-state index contributed by atoms with van der Waals surface area (Å²) >= 11 is 0. The van der Waals surface area contributed by atoms with Crippen LogP contribution in [0.2, 0.25) is 0 Å². The van der Waals surface area contributed by atoms with Crippen LogP contribution in [-0.4, -0.2) is 73.6 Å². The van der Waals surface area contributed by atoms with Gasteiger partial charge in [0.1, 0.15) is 6.61 Å². The molecule has 1 aliphatic rings. The minimum Gasteiger partial charge on any atom is -0.369 e. The summed E-state index contributed by atoms with van der Waals surface area (Å²) in [5, 5.41) is 2.89. The lowest BCUT2D eigenvalue weighted by Gasteiger charge is -2.34. The minimum absolute atomic E-state index is 0.0932. The van der Waals surface area contributed by atoms with Gasteiger partial charge in [-0.1, -0.05) is 6.92 Å². The number of unbranched alkanes of at least 4 members (excludes halogenated alkanes) is 1. The molecule has 0 radical (unpaired) electrons. The normalized spacial score (nSPS) is 16.1. The number of piperazine rings is 1. The van der Waals surface area contributed by atoms with Gasteiger partial charge in [0.2, 0.25) is 11.8 Å². The second kappa shape index (κ2) is 10.6. The van der Waals surface area contributed by atoms with Crippen LogP contribution in [0.5, 0.6) is 0 Å². The van der Waals surface area contributed by atoms with Crippen LogP contribution >= 0.6 is 0 Å². The Hall–Kier alpha value is -1.14. The maximum atomic E-state index is 11.9. The van der Waals surface area contributed by atoms with Gasteiger partial charge in [-0.3, -0.25) is 14.5 Å². The summed E-state index contributed by atoms with van der Waals surface area (Å²) in [7, 11) is 0. The minimum atomic E-state index is 0.0932. The molecule has 1 fully saturated rings. The number of hydrogen-bond acceptors (Lipinski definition) is 4. The van der Waals surface area contributed by atoms with Gasteiger partial charge in [0.05, 0.1) is 6.10 Å². The maximum Gasteiger partial charge on any atom is 0.248 e. The Bertz CT molecular complexity index is 340. The van der Waals surface area contributed by atoms with Crippen molar-refractivity contribution in [3.05, 3.63) is 0 Å². The lowest BCUT2D eigenvalue weighted by molar-refractivity contribution is -0.139. The number of hydrogen-bond donors (Lipinski definition) is 1. The average molecular weight is 313 g/mol. The molecule has 0 aromatic carbocycles. The first-order valence-corrected chi connectivity index (χ1v) is 8.41. The van der Waals surface area contributed by atoms with Crippen LogP contribution in [-0.2, 0) is 14.3 Å². The number of carbonyl (C=O) groups is 2. The van der Waals surface area contributed by atoms with Crippen molar-refractivity contribution in [2.24, 2.45) is 0 Å². The largest absolute Gasteiger partial charge is 0.369 e. The molecule has 1 saturated heterocycles. The average Bonchev–Trinajstić information content (AvgIpc) is 2.52. The van der Waals surface area contributed by atoms with E-state index in [0.29, 0.717) is 6.42 Å². The summed E-state index contributed by atoms with van der Waals surface area (Å²) in [5.41, 5.74) is 0. The summed E-state index contributed by atoms with van der Waals surface area (Å²) in [6.07, 6.45) is 2.73. The fraction of sp³-hybridized carbons (Fsp3) is 0.875. The summed E-state index contributed by atoms with van der Waals surface area (Å²) in [5.74, 6) is 0.214. The first-order valence-electron chi connectivity index (χ1n) is 8.41. The molecule has 0 bridgehead atoms. The van der Waals surface area contributed by atoms with Gasteiger partial charge in [-0.2, -0.15) is 0 Å².